The van der Waals surface area contributed by atoms with Crippen molar-refractivity contribution in [1.82, 2.24) is 4.57 Å². The Hall–Kier alpha value is -2.34. The molecule has 0 aliphatic heterocycles. The van der Waals surface area contributed by atoms with Crippen LogP contribution in [0.1, 0.15) is 11.1 Å². The summed E-state index contributed by atoms with van der Waals surface area (Å²) in [7, 11) is 0. The largest absolute Gasteiger partial charge is 0.493 e. The molecule has 3 aromatic rings. The van der Waals surface area contributed by atoms with E-state index in [4.69, 9.17) is 4.74 Å². The first-order valence-electron chi connectivity index (χ1n) is 7.56. The van der Waals surface area contributed by atoms with Crippen LogP contribution in [0.3, 0.4) is 0 Å². The van der Waals surface area contributed by atoms with Crippen molar-refractivity contribution < 1.29 is 9.84 Å². The second kappa shape index (κ2) is 6.65. The molecule has 3 rings (SSSR count). The van der Waals surface area contributed by atoms with Gasteiger partial charge in [-0.1, -0.05) is 34.1 Å². The Morgan fingerprint density at radius 2 is 1.96 bits per heavy atom. The van der Waals surface area contributed by atoms with Crippen molar-refractivity contribution in [2.24, 2.45) is 5.18 Å². The zero-order valence-corrected chi connectivity index (χ0v) is 15.0. The van der Waals surface area contributed by atoms with E-state index >= 15 is 0 Å². The topological polar surface area (TPSA) is 63.8 Å². The van der Waals surface area contributed by atoms with Crippen LogP contribution in [-0.4, -0.2) is 16.3 Å². The molecule has 24 heavy (non-hydrogen) atoms. The molecule has 0 spiro atoms. The minimum absolute atomic E-state index is 0.0605. The number of para-hydroxylation sites is 1. The van der Waals surface area contributed by atoms with Crippen molar-refractivity contribution in [3.8, 4) is 11.6 Å². The second-order valence-electron chi connectivity index (χ2n) is 5.65. The van der Waals surface area contributed by atoms with Crippen LogP contribution in [0.25, 0.3) is 10.9 Å². The van der Waals surface area contributed by atoms with Crippen molar-refractivity contribution in [3.05, 3.63) is 56.9 Å². The molecule has 0 radical (unpaired) electrons. The summed E-state index contributed by atoms with van der Waals surface area (Å²) < 4.78 is 8.31. The predicted molar refractivity (Wildman–Crippen MR) is 98.2 cm³/mol. The number of halogens is 1. The Kier molecular flexibility index (Phi) is 4.57. The van der Waals surface area contributed by atoms with Crippen LogP contribution in [0, 0.1) is 18.8 Å². The van der Waals surface area contributed by atoms with E-state index in [9.17, 15) is 10.0 Å². The molecular formula is C18H17BrN2O3. The van der Waals surface area contributed by atoms with Crippen molar-refractivity contribution in [3.63, 3.8) is 0 Å². The summed E-state index contributed by atoms with van der Waals surface area (Å²) >= 11 is 3.41. The summed E-state index contributed by atoms with van der Waals surface area (Å²) in [6.07, 6.45) is 0. The van der Waals surface area contributed by atoms with E-state index in [0.717, 1.165) is 26.9 Å². The van der Waals surface area contributed by atoms with E-state index in [1.165, 1.54) is 0 Å². The third-order valence-electron chi connectivity index (χ3n) is 4.02. The first-order valence-corrected chi connectivity index (χ1v) is 8.35. The lowest BCUT2D eigenvalue weighted by Crippen LogP contribution is -2.08. The van der Waals surface area contributed by atoms with Gasteiger partial charge in [-0.2, -0.15) is 0 Å². The Bertz CT molecular complexity index is 918. The number of aromatic nitrogens is 1. The van der Waals surface area contributed by atoms with Crippen molar-refractivity contribution in [2.45, 2.75) is 20.4 Å². The van der Waals surface area contributed by atoms with Gasteiger partial charge in [0.2, 0.25) is 5.88 Å². The fourth-order valence-corrected chi connectivity index (χ4v) is 3.47. The molecule has 1 heterocycles. The lowest BCUT2D eigenvalue weighted by molar-refractivity contribution is 0.289. The first kappa shape index (κ1) is 16.5. The van der Waals surface area contributed by atoms with Gasteiger partial charge in [0.25, 0.3) is 0 Å². The molecule has 0 atom stereocenters. The van der Waals surface area contributed by atoms with Gasteiger partial charge in [0.15, 0.2) is 5.69 Å². The highest BCUT2D eigenvalue weighted by atomic mass is 79.9. The van der Waals surface area contributed by atoms with Gasteiger partial charge in [0, 0.05) is 9.86 Å². The molecule has 124 valence electrons. The molecule has 0 unspecified atom stereocenters. The molecule has 1 N–H and O–H groups in total. The number of ether oxygens (including phenoxy) is 1. The zero-order chi connectivity index (χ0) is 17.3. The maximum atomic E-state index is 11.1. The normalized spacial score (nSPS) is 11.0. The molecule has 2 aromatic carbocycles. The van der Waals surface area contributed by atoms with Gasteiger partial charge in [-0.15, -0.1) is 4.91 Å². The quantitative estimate of drug-likeness (QED) is 0.610. The van der Waals surface area contributed by atoms with Gasteiger partial charge in [-0.05, 0) is 48.4 Å². The Morgan fingerprint density at radius 1 is 1.21 bits per heavy atom. The predicted octanol–water partition coefficient (Wildman–Crippen LogP) is 5.20. The molecule has 6 heteroatoms. The minimum Gasteiger partial charge on any atom is -0.493 e. The monoisotopic (exact) mass is 388 g/mol. The summed E-state index contributed by atoms with van der Waals surface area (Å²) in [4.78, 5) is 11.1. The number of nitrogens with zero attached hydrogens (tertiary/aromatic N) is 2. The third-order valence-corrected chi connectivity index (χ3v) is 4.47. The molecular weight excluding hydrogens is 372 g/mol. The van der Waals surface area contributed by atoms with E-state index in [0.29, 0.717) is 18.5 Å². The summed E-state index contributed by atoms with van der Waals surface area (Å²) in [5.41, 5.74) is 2.85. The van der Waals surface area contributed by atoms with E-state index in [1.807, 2.05) is 44.2 Å². The molecule has 0 saturated carbocycles. The summed E-state index contributed by atoms with van der Waals surface area (Å²) in [6.45, 7) is 4.69. The highest BCUT2D eigenvalue weighted by Crippen LogP contribution is 2.41. The number of benzene rings is 2. The SMILES string of the molecule is Cc1ccccc1OCCn1c(O)c(N=O)c2cc(Br)cc(C)c21. The summed E-state index contributed by atoms with van der Waals surface area (Å²) in [6, 6.07) is 11.5. The van der Waals surface area contributed by atoms with Gasteiger partial charge < -0.3 is 14.4 Å². The number of aromatic hydroxyl groups is 1. The van der Waals surface area contributed by atoms with Gasteiger partial charge in [0.05, 0.1) is 12.1 Å². The van der Waals surface area contributed by atoms with Gasteiger partial charge in [-0.25, -0.2) is 0 Å². The number of aryl methyl sites for hydroxylation is 2. The second-order valence-corrected chi connectivity index (χ2v) is 6.56. The van der Waals surface area contributed by atoms with Crippen molar-refractivity contribution >= 4 is 32.5 Å². The summed E-state index contributed by atoms with van der Waals surface area (Å²) in [5, 5.41) is 14.0. The van der Waals surface area contributed by atoms with Crippen molar-refractivity contribution in [2.75, 3.05) is 6.61 Å². The van der Waals surface area contributed by atoms with E-state index in [1.54, 1.807) is 10.6 Å². The van der Waals surface area contributed by atoms with Crippen LogP contribution in [0.4, 0.5) is 5.69 Å². The molecule has 5 nitrogen and oxygen atoms in total. The van der Waals surface area contributed by atoms with Gasteiger partial charge in [-0.3, -0.25) is 0 Å². The third kappa shape index (κ3) is 2.89. The van der Waals surface area contributed by atoms with E-state index in [2.05, 4.69) is 21.1 Å². The van der Waals surface area contributed by atoms with Gasteiger partial charge >= 0.3 is 0 Å². The highest BCUT2D eigenvalue weighted by molar-refractivity contribution is 9.10. The fourth-order valence-electron chi connectivity index (χ4n) is 2.90. The lowest BCUT2D eigenvalue weighted by Gasteiger charge is -2.12. The van der Waals surface area contributed by atoms with E-state index in [-0.39, 0.29) is 11.6 Å². The van der Waals surface area contributed by atoms with Crippen LogP contribution in [0.2, 0.25) is 0 Å². The molecule has 0 amide bonds. The zero-order valence-electron chi connectivity index (χ0n) is 13.4. The van der Waals surface area contributed by atoms with Crippen LogP contribution in [-0.2, 0) is 6.54 Å². The molecule has 0 fully saturated rings. The molecule has 0 saturated heterocycles. The maximum absolute atomic E-state index is 11.1. The Labute approximate surface area is 148 Å². The summed E-state index contributed by atoms with van der Waals surface area (Å²) in [5.74, 6) is 0.677. The maximum Gasteiger partial charge on any atom is 0.222 e. The van der Waals surface area contributed by atoms with Crippen LogP contribution < -0.4 is 4.74 Å². The van der Waals surface area contributed by atoms with Crippen LogP contribution in [0.15, 0.2) is 46.0 Å². The average molecular weight is 389 g/mol. The molecule has 0 bridgehead atoms. The number of fused-ring (bicyclic) bond motifs is 1. The lowest BCUT2D eigenvalue weighted by atomic mass is 10.1. The number of hydrogen-bond donors (Lipinski definition) is 1. The first-order chi connectivity index (χ1) is 11.5. The highest BCUT2D eigenvalue weighted by Gasteiger charge is 2.19. The van der Waals surface area contributed by atoms with Crippen LogP contribution in [0.5, 0.6) is 11.6 Å². The Morgan fingerprint density at radius 3 is 2.67 bits per heavy atom. The standard InChI is InChI=1S/C18H17BrN2O3/c1-11-5-3-4-6-15(11)24-8-7-21-17-12(2)9-13(19)10-14(17)16(20-23)18(21)22/h3-6,9-10,22H,7-8H2,1-2H3. The van der Waals surface area contributed by atoms with Crippen molar-refractivity contribution in [1.29, 1.82) is 0 Å². The van der Waals surface area contributed by atoms with E-state index < -0.39 is 0 Å². The molecule has 0 aliphatic carbocycles. The smallest absolute Gasteiger partial charge is 0.222 e. The average Bonchev–Trinajstić information content (AvgIpc) is 2.81. The number of nitroso groups, excluding NO2 is 1. The Balaban J connectivity index is 1.93. The number of hydrogen-bond acceptors (Lipinski definition) is 4. The van der Waals surface area contributed by atoms with Gasteiger partial charge in [0.1, 0.15) is 12.4 Å². The number of rotatable bonds is 5. The molecule has 0 aliphatic rings. The fraction of sp³-hybridized carbons (Fsp3) is 0.222. The minimum atomic E-state index is -0.130. The molecule has 1 aromatic heterocycles. The van der Waals surface area contributed by atoms with Crippen LogP contribution >= 0.6 is 15.9 Å².